The summed E-state index contributed by atoms with van der Waals surface area (Å²) in [4.78, 5) is 42.8. The highest BCUT2D eigenvalue weighted by molar-refractivity contribution is 5.86. The van der Waals surface area contributed by atoms with Crippen molar-refractivity contribution in [1.29, 1.82) is 0 Å². The molecule has 1 aliphatic heterocycles. The Morgan fingerprint density at radius 1 is 0.646 bits per heavy atom. The van der Waals surface area contributed by atoms with Gasteiger partial charge in [-0.25, -0.2) is 4.79 Å². The molecule has 11 nitrogen and oxygen atoms in total. The number of nitrogens with zero attached hydrogens (tertiary/aromatic N) is 1. The number of hydrogen-bond donors (Lipinski definition) is 5. The molecule has 5 N–H and O–H groups in total. The van der Waals surface area contributed by atoms with Gasteiger partial charge in [0.15, 0.2) is 6.23 Å². The summed E-state index contributed by atoms with van der Waals surface area (Å²) in [5, 5.41) is 38.4. The van der Waals surface area contributed by atoms with Crippen LogP contribution >= 0.6 is 0 Å². The minimum absolute atomic E-state index is 0.0150. The van der Waals surface area contributed by atoms with Crippen molar-refractivity contribution in [3.8, 4) is 0 Å². The maximum absolute atomic E-state index is 14.2. The number of aliphatic hydroxyl groups excluding tert-OH is 3. The fourth-order valence-electron chi connectivity index (χ4n) is 9.06. The largest absolute Gasteiger partial charge is 0.445 e. The number of rotatable bonds is 40. The summed E-state index contributed by atoms with van der Waals surface area (Å²) < 4.78 is 11.7. The first kappa shape index (κ1) is 58.4. The second-order valence-electron chi connectivity index (χ2n) is 19.5. The van der Waals surface area contributed by atoms with E-state index in [2.05, 4.69) is 24.5 Å². The predicted octanol–water partition coefficient (Wildman–Crippen LogP) is 11.8. The van der Waals surface area contributed by atoms with Gasteiger partial charge in [0.25, 0.3) is 0 Å². The third kappa shape index (κ3) is 27.0. The fraction of sp³-hybridized carbons (Fsp3) is 0.833. The predicted molar refractivity (Wildman–Crippen MR) is 264 cm³/mol. The molecule has 3 amide bonds. The molecular formula is C54H97N3O8. The molecule has 1 aromatic rings. The van der Waals surface area contributed by atoms with Crippen LogP contribution in [-0.4, -0.2) is 87.9 Å². The van der Waals surface area contributed by atoms with Gasteiger partial charge >= 0.3 is 6.09 Å². The Labute approximate surface area is 396 Å². The summed E-state index contributed by atoms with van der Waals surface area (Å²) in [7, 11) is 0. The van der Waals surface area contributed by atoms with Gasteiger partial charge < -0.3 is 40.3 Å². The first-order valence-electron chi connectivity index (χ1n) is 26.8. The fourth-order valence-corrected chi connectivity index (χ4v) is 9.06. The first-order valence-corrected chi connectivity index (χ1v) is 26.8. The summed E-state index contributed by atoms with van der Waals surface area (Å²) >= 11 is 0. The van der Waals surface area contributed by atoms with E-state index in [1.165, 1.54) is 135 Å². The average Bonchev–Trinajstić information content (AvgIpc) is 3.30. The van der Waals surface area contributed by atoms with Gasteiger partial charge in [0, 0.05) is 13.0 Å². The summed E-state index contributed by atoms with van der Waals surface area (Å²) in [5.74, 6) is -0.713. The van der Waals surface area contributed by atoms with E-state index in [4.69, 9.17) is 9.47 Å². The zero-order valence-electron chi connectivity index (χ0n) is 41.8. The highest BCUT2D eigenvalue weighted by Gasteiger charge is 2.48. The van der Waals surface area contributed by atoms with Gasteiger partial charge in [-0.2, -0.15) is 0 Å². The minimum atomic E-state index is -1.54. The van der Waals surface area contributed by atoms with E-state index < -0.39 is 55.2 Å². The molecule has 2 rings (SSSR count). The van der Waals surface area contributed by atoms with Crippen LogP contribution in [-0.2, 0) is 25.7 Å². The van der Waals surface area contributed by atoms with Gasteiger partial charge in [-0.3, -0.25) is 9.59 Å². The van der Waals surface area contributed by atoms with Gasteiger partial charge in [0.2, 0.25) is 11.8 Å². The van der Waals surface area contributed by atoms with Gasteiger partial charge in [0.05, 0.1) is 6.61 Å². The summed E-state index contributed by atoms with van der Waals surface area (Å²) in [6.45, 7) is 8.20. The second-order valence-corrected chi connectivity index (χ2v) is 19.5. The van der Waals surface area contributed by atoms with Crippen molar-refractivity contribution in [1.82, 2.24) is 15.5 Å². The van der Waals surface area contributed by atoms with Gasteiger partial charge in [0.1, 0.15) is 37.0 Å². The number of alkyl carbamates (subject to hydrolysis) is 1. The molecule has 0 aliphatic carbocycles. The lowest BCUT2D eigenvalue weighted by atomic mass is 9.94. The van der Waals surface area contributed by atoms with E-state index >= 15 is 0 Å². The van der Waals surface area contributed by atoms with Crippen molar-refractivity contribution in [3.63, 3.8) is 0 Å². The molecule has 1 fully saturated rings. The van der Waals surface area contributed by atoms with Crippen LogP contribution in [0, 0.1) is 5.92 Å². The SMILES string of the molecule is CCCCCCCCCCCCCCCCCC(=O)N(CCCCCCCCCCCCCCCC)[C@@H]1O[C@H](CO)[C@@H](O)[C@H](O)[C@H]1NC(=O)[C@H](CC(C)C)NC(=O)OCc1ccccc1. The van der Waals surface area contributed by atoms with Gasteiger partial charge in [-0.05, 0) is 30.7 Å². The standard InChI is InChI=1S/C54H97N3O8/c1-5-7-9-11-13-15-17-19-21-22-24-26-28-30-35-39-48(59)57(40-36-31-29-27-25-23-20-18-16-14-12-10-8-6-2)53-49(51(61)50(60)47(42-58)65-53)56-52(62)46(41-44(3)4)55-54(63)64-43-45-37-33-32-34-38-45/h32-34,37-38,44,46-47,49-51,53,58,60-61H,5-31,35-36,39-43H2,1-4H3,(H,55,63)(H,56,62)/t46-,47+,49+,50+,51+,53+/m0/s1. The molecule has 6 atom stereocenters. The lowest BCUT2D eigenvalue weighted by molar-refractivity contribution is -0.231. The van der Waals surface area contributed by atoms with Crippen molar-refractivity contribution in [2.24, 2.45) is 5.92 Å². The molecular weight excluding hydrogens is 819 g/mol. The molecule has 1 aliphatic rings. The number of carbonyl (C=O) groups is 3. The molecule has 11 heteroatoms. The number of hydrogen-bond acceptors (Lipinski definition) is 8. The summed E-state index contributed by atoms with van der Waals surface area (Å²) in [5.41, 5.74) is 0.804. The van der Waals surface area contributed by atoms with E-state index in [0.717, 1.165) is 56.9 Å². The van der Waals surface area contributed by atoms with E-state index in [-0.39, 0.29) is 24.9 Å². The molecule has 1 saturated heterocycles. The van der Waals surface area contributed by atoms with Gasteiger partial charge in [-0.15, -0.1) is 0 Å². The van der Waals surface area contributed by atoms with Crippen LogP contribution in [0.4, 0.5) is 4.79 Å². The number of amides is 3. The number of unbranched alkanes of at least 4 members (excludes halogenated alkanes) is 27. The Kier molecular flexibility index (Phi) is 34.4. The molecule has 0 bridgehead atoms. The van der Waals surface area contributed by atoms with E-state index in [1.807, 2.05) is 44.2 Å². The monoisotopic (exact) mass is 916 g/mol. The van der Waals surface area contributed by atoms with Crippen LogP contribution in [0.1, 0.15) is 232 Å². The number of carbonyl (C=O) groups excluding carboxylic acids is 3. The van der Waals surface area contributed by atoms with Crippen molar-refractivity contribution < 1.29 is 39.2 Å². The van der Waals surface area contributed by atoms with Crippen LogP contribution < -0.4 is 10.6 Å². The summed E-state index contributed by atoms with van der Waals surface area (Å²) in [6.07, 6.45) is 29.8. The molecule has 0 unspecified atom stereocenters. The number of ether oxygens (including phenoxy) is 2. The van der Waals surface area contributed by atoms with Crippen molar-refractivity contribution in [2.45, 2.75) is 270 Å². The third-order valence-electron chi connectivity index (χ3n) is 13.1. The average molecular weight is 916 g/mol. The molecule has 0 radical (unpaired) electrons. The molecule has 0 saturated carbocycles. The zero-order valence-corrected chi connectivity index (χ0v) is 41.8. The van der Waals surface area contributed by atoms with E-state index in [1.54, 1.807) is 4.90 Å². The minimum Gasteiger partial charge on any atom is -0.445 e. The van der Waals surface area contributed by atoms with Gasteiger partial charge in [-0.1, -0.05) is 231 Å². The smallest absolute Gasteiger partial charge is 0.408 e. The Morgan fingerprint density at radius 2 is 1.09 bits per heavy atom. The van der Waals surface area contributed by atoms with Crippen LogP contribution in [0.3, 0.4) is 0 Å². The Balaban J connectivity index is 2.04. The molecule has 0 aromatic heterocycles. The third-order valence-corrected chi connectivity index (χ3v) is 13.1. The zero-order chi connectivity index (χ0) is 47.3. The maximum atomic E-state index is 14.2. The van der Waals surface area contributed by atoms with E-state index in [0.29, 0.717) is 13.0 Å². The lowest BCUT2D eigenvalue weighted by Gasteiger charge is -2.47. The number of benzene rings is 1. The normalized spacial score (nSPS) is 19.0. The molecule has 0 spiro atoms. The van der Waals surface area contributed by atoms with Crippen molar-refractivity contribution >= 4 is 17.9 Å². The topological polar surface area (TPSA) is 158 Å². The molecule has 65 heavy (non-hydrogen) atoms. The van der Waals surface area contributed by atoms with Crippen LogP contribution in [0.5, 0.6) is 0 Å². The van der Waals surface area contributed by atoms with Crippen molar-refractivity contribution in [2.75, 3.05) is 13.2 Å². The van der Waals surface area contributed by atoms with Crippen molar-refractivity contribution in [3.05, 3.63) is 35.9 Å². The number of nitrogens with one attached hydrogen (secondary N) is 2. The van der Waals surface area contributed by atoms with Crippen LogP contribution in [0.25, 0.3) is 0 Å². The summed E-state index contributed by atoms with van der Waals surface area (Å²) in [6, 6.07) is 7.02. The first-order chi connectivity index (χ1) is 31.6. The second kappa shape index (κ2) is 38.3. The Bertz CT molecular complexity index is 1320. The Hall–Kier alpha value is -2.73. The quantitative estimate of drug-likeness (QED) is 0.0407. The number of aliphatic hydroxyl groups is 3. The molecule has 376 valence electrons. The lowest BCUT2D eigenvalue weighted by Crippen LogP contribution is -2.70. The van der Waals surface area contributed by atoms with Crippen LogP contribution in [0.15, 0.2) is 30.3 Å². The molecule has 1 heterocycles. The van der Waals surface area contributed by atoms with Crippen LogP contribution in [0.2, 0.25) is 0 Å². The van der Waals surface area contributed by atoms with E-state index in [9.17, 15) is 29.7 Å². The Morgan fingerprint density at radius 3 is 1.54 bits per heavy atom. The highest BCUT2D eigenvalue weighted by atomic mass is 16.6. The maximum Gasteiger partial charge on any atom is 0.408 e. The molecule has 1 aromatic carbocycles. The highest BCUT2D eigenvalue weighted by Crippen LogP contribution is 2.27.